The lowest BCUT2D eigenvalue weighted by Crippen LogP contribution is -2.25. The van der Waals surface area contributed by atoms with Crippen molar-refractivity contribution in [3.8, 4) is 0 Å². The molecule has 0 spiro atoms. The summed E-state index contributed by atoms with van der Waals surface area (Å²) in [5, 5.41) is 5.64. The van der Waals surface area contributed by atoms with Crippen LogP contribution in [0, 0.1) is 6.92 Å². The van der Waals surface area contributed by atoms with Gasteiger partial charge < -0.3 is 0 Å². The lowest BCUT2D eigenvalue weighted by atomic mass is 10.3. The number of aryl methyl sites for hydroxylation is 1. The Morgan fingerprint density at radius 1 is 1.14 bits per heavy atom. The Morgan fingerprint density at radius 3 is 2.14 bits per heavy atom. The molecule has 2 aromatic rings. The quantitative estimate of drug-likeness (QED) is 0.884. The number of rotatable bonds is 4. The van der Waals surface area contributed by atoms with Crippen LogP contribution in [-0.2, 0) is 20.0 Å². The number of nitrogens with two attached hydrogens (primary N) is 1. The summed E-state index contributed by atoms with van der Waals surface area (Å²) in [4.78, 5) is 3.84. The Morgan fingerprint density at radius 2 is 1.71 bits per heavy atom. The number of sulfonamides is 2. The van der Waals surface area contributed by atoms with Crippen LogP contribution >= 0.6 is 11.3 Å². The van der Waals surface area contributed by atoms with E-state index in [1.54, 1.807) is 6.92 Å². The number of hydrogen-bond acceptors (Lipinski definition) is 6. The van der Waals surface area contributed by atoms with Crippen molar-refractivity contribution in [1.82, 2.24) is 4.98 Å². The molecular weight excluding hydrogens is 334 g/mol. The van der Waals surface area contributed by atoms with E-state index < -0.39 is 20.0 Å². The number of aromatic nitrogens is 1. The summed E-state index contributed by atoms with van der Waals surface area (Å²) in [5.41, 5.74) is 0.327. The van der Waals surface area contributed by atoms with Crippen LogP contribution in [0.3, 0.4) is 0 Å². The number of nitrogens with zero attached hydrogens (tertiary/aromatic N) is 2. The zero-order chi connectivity index (χ0) is 15.8. The van der Waals surface area contributed by atoms with E-state index >= 15 is 0 Å². The molecule has 7 nitrogen and oxygen atoms in total. The van der Waals surface area contributed by atoms with Crippen LogP contribution in [0.4, 0.5) is 5.69 Å². The third-order valence-corrected chi connectivity index (χ3v) is 6.81. The van der Waals surface area contributed by atoms with Crippen molar-refractivity contribution in [2.24, 2.45) is 5.14 Å². The van der Waals surface area contributed by atoms with Gasteiger partial charge in [-0.1, -0.05) is 0 Å². The minimum atomic E-state index is -3.81. The summed E-state index contributed by atoms with van der Waals surface area (Å²) < 4.78 is 48.3. The van der Waals surface area contributed by atoms with Crippen molar-refractivity contribution in [1.29, 1.82) is 0 Å². The standard InChI is InChI=1S/C11H13N3O4S3/c1-8-13-7-11(19-8)21(17,18)14(2)9-3-5-10(6-4-9)20(12,15)16/h3-7H,1-2H3,(H2,12,15,16). The second kappa shape index (κ2) is 5.37. The summed E-state index contributed by atoms with van der Waals surface area (Å²) in [7, 11) is -6.13. The van der Waals surface area contributed by atoms with Crippen LogP contribution in [0.2, 0.25) is 0 Å². The van der Waals surface area contributed by atoms with E-state index in [1.165, 1.54) is 37.5 Å². The number of benzene rings is 1. The molecule has 0 fully saturated rings. The summed E-state index contributed by atoms with van der Waals surface area (Å²) in [5.74, 6) is 0. The predicted molar refractivity (Wildman–Crippen MR) is 80.3 cm³/mol. The number of primary sulfonamides is 1. The third kappa shape index (κ3) is 3.23. The molecule has 0 unspecified atom stereocenters. The zero-order valence-electron chi connectivity index (χ0n) is 11.2. The fraction of sp³-hybridized carbons (Fsp3) is 0.182. The maximum Gasteiger partial charge on any atom is 0.275 e. The molecule has 10 heteroatoms. The van der Waals surface area contributed by atoms with E-state index in [4.69, 9.17) is 5.14 Å². The first-order valence-corrected chi connectivity index (χ1v) is 9.47. The van der Waals surface area contributed by atoms with Crippen molar-refractivity contribution >= 4 is 37.1 Å². The fourth-order valence-corrected chi connectivity index (χ4v) is 4.57. The first kappa shape index (κ1) is 15.9. The second-order valence-electron chi connectivity index (χ2n) is 4.21. The second-order valence-corrected chi connectivity index (χ2v) is 9.20. The Hall–Kier alpha value is -1.49. The molecule has 0 saturated heterocycles. The van der Waals surface area contributed by atoms with Crippen molar-refractivity contribution in [2.45, 2.75) is 16.0 Å². The van der Waals surface area contributed by atoms with Crippen LogP contribution in [0.25, 0.3) is 0 Å². The van der Waals surface area contributed by atoms with Crippen molar-refractivity contribution < 1.29 is 16.8 Å². The van der Waals surface area contributed by atoms with Crippen molar-refractivity contribution in [3.05, 3.63) is 35.5 Å². The monoisotopic (exact) mass is 347 g/mol. The summed E-state index contributed by atoms with van der Waals surface area (Å²) >= 11 is 1.07. The highest BCUT2D eigenvalue weighted by atomic mass is 32.2. The van der Waals surface area contributed by atoms with Crippen LogP contribution in [0.1, 0.15) is 5.01 Å². The molecule has 1 aromatic carbocycles. The normalized spacial score (nSPS) is 12.3. The van der Waals surface area contributed by atoms with Gasteiger partial charge in [0, 0.05) is 7.05 Å². The Kier molecular flexibility index (Phi) is 4.06. The largest absolute Gasteiger partial charge is 0.275 e. The minimum absolute atomic E-state index is 0.0781. The fourth-order valence-electron chi connectivity index (χ4n) is 1.58. The van der Waals surface area contributed by atoms with Crippen LogP contribution < -0.4 is 9.44 Å². The molecule has 0 atom stereocenters. The summed E-state index contributed by atoms with van der Waals surface area (Å²) in [6, 6.07) is 5.28. The summed E-state index contributed by atoms with van der Waals surface area (Å²) in [6.07, 6.45) is 1.30. The zero-order valence-corrected chi connectivity index (χ0v) is 13.7. The smallest absolute Gasteiger partial charge is 0.269 e. The number of hydrogen-bond donors (Lipinski definition) is 1. The highest BCUT2D eigenvalue weighted by molar-refractivity contribution is 7.94. The average molecular weight is 347 g/mol. The lowest BCUT2D eigenvalue weighted by molar-refractivity contribution is 0.595. The van der Waals surface area contributed by atoms with Crippen molar-refractivity contribution in [2.75, 3.05) is 11.4 Å². The molecule has 1 heterocycles. The molecule has 0 saturated carbocycles. The maximum absolute atomic E-state index is 12.4. The average Bonchev–Trinajstić information content (AvgIpc) is 2.84. The highest BCUT2D eigenvalue weighted by Crippen LogP contribution is 2.26. The molecule has 0 aliphatic carbocycles. The van der Waals surface area contributed by atoms with E-state index in [1.807, 2.05) is 0 Å². The molecule has 1 aromatic heterocycles. The number of anilines is 1. The van der Waals surface area contributed by atoms with Crippen LogP contribution in [-0.4, -0.2) is 28.9 Å². The first-order valence-electron chi connectivity index (χ1n) is 5.66. The molecule has 114 valence electrons. The molecular formula is C11H13N3O4S3. The van der Waals surface area contributed by atoms with Gasteiger partial charge in [-0.05, 0) is 31.2 Å². The van der Waals surface area contributed by atoms with Crippen molar-refractivity contribution in [3.63, 3.8) is 0 Å². The van der Waals surface area contributed by atoms with Gasteiger partial charge in [0.05, 0.1) is 21.8 Å². The molecule has 0 aliphatic rings. The van der Waals surface area contributed by atoms with E-state index in [2.05, 4.69) is 4.98 Å². The molecule has 0 amide bonds. The van der Waals surface area contributed by atoms with Gasteiger partial charge >= 0.3 is 0 Å². The maximum atomic E-state index is 12.4. The topological polar surface area (TPSA) is 110 Å². The Bertz CT molecular complexity index is 854. The van der Waals surface area contributed by atoms with Gasteiger partial charge in [-0.25, -0.2) is 27.0 Å². The predicted octanol–water partition coefficient (Wildman–Crippen LogP) is 0.924. The SMILES string of the molecule is Cc1ncc(S(=O)(=O)N(C)c2ccc(S(N)(=O)=O)cc2)s1. The van der Waals surface area contributed by atoms with E-state index in [0.29, 0.717) is 10.7 Å². The van der Waals surface area contributed by atoms with Gasteiger partial charge in [0.2, 0.25) is 10.0 Å². The molecule has 0 radical (unpaired) electrons. The van der Waals surface area contributed by atoms with E-state index in [0.717, 1.165) is 15.6 Å². The first-order chi connectivity index (χ1) is 9.62. The van der Waals surface area contributed by atoms with Gasteiger partial charge in [-0.3, -0.25) is 4.31 Å². The van der Waals surface area contributed by atoms with Gasteiger partial charge in [0.15, 0.2) is 4.21 Å². The molecule has 0 aliphatic heterocycles. The van der Waals surface area contributed by atoms with Gasteiger partial charge in [0.25, 0.3) is 10.0 Å². The molecule has 2 N–H and O–H groups in total. The molecule has 2 rings (SSSR count). The van der Waals surface area contributed by atoms with Gasteiger partial charge in [0.1, 0.15) is 0 Å². The third-order valence-electron chi connectivity index (χ3n) is 2.74. The Balaban J connectivity index is 2.38. The highest BCUT2D eigenvalue weighted by Gasteiger charge is 2.23. The van der Waals surface area contributed by atoms with Crippen LogP contribution in [0.5, 0.6) is 0 Å². The number of thiazole rings is 1. The van der Waals surface area contributed by atoms with E-state index in [9.17, 15) is 16.8 Å². The molecule has 0 bridgehead atoms. The van der Waals surface area contributed by atoms with Gasteiger partial charge in [-0.15, -0.1) is 11.3 Å². The lowest BCUT2D eigenvalue weighted by Gasteiger charge is -2.18. The minimum Gasteiger partial charge on any atom is -0.269 e. The molecule has 21 heavy (non-hydrogen) atoms. The summed E-state index contributed by atoms with van der Waals surface area (Å²) in [6.45, 7) is 1.71. The van der Waals surface area contributed by atoms with Crippen LogP contribution in [0.15, 0.2) is 39.6 Å². The van der Waals surface area contributed by atoms with Gasteiger partial charge in [-0.2, -0.15) is 0 Å². The Labute approximate surface area is 127 Å². The van der Waals surface area contributed by atoms with E-state index in [-0.39, 0.29) is 9.10 Å².